The van der Waals surface area contributed by atoms with Crippen LogP contribution in [0.5, 0.6) is 0 Å². The van der Waals surface area contributed by atoms with Crippen LogP contribution in [0.15, 0.2) is 24.5 Å². The number of ether oxygens (including phenoxy) is 1. The Morgan fingerprint density at radius 3 is 3.05 bits per heavy atom. The fourth-order valence-corrected chi connectivity index (χ4v) is 2.46. The third kappa shape index (κ3) is 4.49. The van der Waals surface area contributed by atoms with Crippen LogP contribution < -0.4 is 10.6 Å². The Hall–Kier alpha value is -1.62. The van der Waals surface area contributed by atoms with E-state index in [4.69, 9.17) is 4.74 Å². The molecule has 20 heavy (non-hydrogen) atoms. The van der Waals surface area contributed by atoms with Gasteiger partial charge < -0.3 is 15.4 Å². The van der Waals surface area contributed by atoms with Gasteiger partial charge in [-0.2, -0.15) is 0 Å². The van der Waals surface area contributed by atoms with Crippen LogP contribution in [0.25, 0.3) is 0 Å². The van der Waals surface area contributed by atoms with Crippen molar-refractivity contribution in [3.05, 3.63) is 24.5 Å². The Labute approximate surface area is 120 Å². The van der Waals surface area contributed by atoms with Crippen LogP contribution in [0.4, 0.5) is 5.69 Å². The Balaban J connectivity index is 1.67. The molecule has 1 aliphatic rings. The second kappa shape index (κ2) is 6.70. The average molecular weight is 277 g/mol. The molecule has 1 aliphatic heterocycles. The summed E-state index contributed by atoms with van der Waals surface area (Å²) >= 11 is 0. The van der Waals surface area contributed by atoms with Crippen LogP contribution in [0, 0.1) is 5.92 Å². The molecule has 2 rings (SSSR count). The van der Waals surface area contributed by atoms with Crippen LogP contribution in [-0.4, -0.2) is 36.2 Å². The van der Waals surface area contributed by atoms with E-state index in [0.29, 0.717) is 19.7 Å². The number of carbonyl (C=O) groups is 1. The molecule has 0 aromatic carbocycles. The molecular weight excluding hydrogens is 254 g/mol. The standard InChI is InChI=1S/C15H23N3O2/c1-15(2)10-12(5-9-20-15)14(19)18-8-7-17-13-4-3-6-16-11-13/h3-4,6,11-12,17H,5,7-10H2,1-2H3,(H,18,19)/t12-/m1/s1. The fraction of sp³-hybridized carbons (Fsp3) is 0.600. The normalized spacial score (nSPS) is 21.2. The summed E-state index contributed by atoms with van der Waals surface area (Å²) in [6.07, 6.45) is 5.10. The highest BCUT2D eigenvalue weighted by Crippen LogP contribution is 2.28. The molecule has 1 saturated heterocycles. The molecule has 1 aromatic rings. The van der Waals surface area contributed by atoms with Gasteiger partial charge in [-0.3, -0.25) is 9.78 Å². The highest BCUT2D eigenvalue weighted by Gasteiger charge is 2.32. The number of carbonyl (C=O) groups excluding carboxylic acids is 1. The predicted octanol–water partition coefficient (Wildman–Crippen LogP) is 1.81. The number of nitrogens with one attached hydrogen (secondary N) is 2. The first-order valence-corrected chi connectivity index (χ1v) is 7.12. The minimum Gasteiger partial charge on any atom is -0.382 e. The van der Waals surface area contributed by atoms with Gasteiger partial charge in [0.15, 0.2) is 0 Å². The van der Waals surface area contributed by atoms with Crippen LogP contribution in [-0.2, 0) is 9.53 Å². The van der Waals surface area contributed by atoms with E-state index < -0.39 is 0 Å². The summed E-state index contributed by atoms with van der Waals surface area (Å²) in [6.45, 7) is 6.06. The number of aromatic nitrogens is 1. The van der Waals surface area contributed by atoms with E-state index in [1.54, 1.807) is 12.4 Å². The number of nitrogens with zero attached hydrogens (tertiary/aromatic N) is 1. The van der Waals surface area contributed by atoms with E-state index in [1.165, 1.54) is 0 Å². The van der Waals surface area contributed by atoms with Crippen molar-refractivity contribution >= 4 is 11.6 Å². The summed E-state index contributed by atoms with van der Waals surface area (Å²) in [7, 11) is 0. The summed E-state index contributed by atoms with van der Waals surface area (Å²) in [5.41, 5.74) is 0.780. The Morgan fingerprint density at radius 2 is 2.35 bits per heavy atom. The van der Waals surface area contributed by atoms with Gasteiger partial charge >= 0.3 is 0 Å². The lowest BCUT2D eigenvalue weighted by Gasteiger charge is -2.34. The molecule has 0 bridgehead atoms. The van der Waals surface area contributed by atoms with E-state index >= 15 is 0 Å². The molecule has 0 saturated carbocycles. The van der Waals surface area contributed by atoms with Gasteiger partial charge in [0, 0.05) is 38.0 Å². The first-order valence-electron chi connectivity index (χ1n) is 7.12. The van der Waals surface area contributed by atoms with Gasteiger partial charge in [0.25, 0.3) is 0 Å². The van der Waals surface area contributed by atoms with Crippen molar-refractivity contribution in [3.8, 4) is 0 Å². The molecule has 5 nitrogen and oxygen atoms in total. The van der Waals surface area contributed by atoms with Crippen LogP contribution in [0.3, 0.4) is 0 Å². The molecule has 0 radical (unpaired) electrons. The lowest BCUT2D eigenvalue weighted by Crippen LogP contribution is -2.42. The number of amides is 1. The van der Waals surface area contributed by atoms with Gasteiger partial charge in [-0.05, 0) is 38.8 Å². The van der Waals surface area contributed by atoms with E-state index in [-0.39, 0.29) is 17.4 Å². The summed E-state index contributed by atoms with van der Waals surface area (Å²) in [6, 6.07) is 3.83. The quantitative estimate of drug-likeness (QED) is 0.806. The van der Waals surface area contributed by atoms with Crippen molar-refractivity contribution in [1.82, 2.24) is 10.3 Å². The van der Waals surface area contributed by atoms with Gasteiger partial charge in [-0.25, -0.2) is 0 Å². The minimum absolute atomic E-state index is 0.0668. The lowest BCUT2D eigenvalue weighted by atomic mass is 9.88. The topological polar surface area (TPSA) is 63.2 Å². The summed E-state index contributed by atoms with van der Waals surface area (Å²) in [5, 5.41) is 6.20. The van der Waals surface area contributed by atoms with E-state index in [0.717, 1.165) is 18.5 Å². The van der Waals surface area contributed by atoms with Crippen molar-refractivity contribution in [2.24, 2.45) is 5.92 Å². The molecular formula is C15H23N3O2. The Morgan fingerprint density at radius 1 is 1.50 bits per heavy atom. The van der Waals surface area contributed by atoms with Crippen molar-refractivity contribution < 1.29 is 9.53 Å². The van der Waals surface area contributed by atoms with E-state index in [2.05, 4.69) is 15.6 Å². The predicted molar refractivity (Wildman–Crippen MR) is 78.5 cm³/mol. The molecule has 1 aromatic heterocycles. The average Bonchev–Trinajstić information content (AvgIpc) is 2.43. The lowest BCUT2D eigenvalue weighted by molar-refractivity contribution is -0.135. The number of rotatable bonds is 5. The zero-order valence-corrected chi connectivity index (χ0v) is 12.2. The van der Waals surface area contributed by atoms with Gasteiger partial charge in [-0.1, -0.05) is 0 Å². The van der Waals surface area contributed by atoms with Crippen molar-refractivity contribution in [3.63, 3.8) is 0 Å². The zero-order chi connectivity index (χ0) is 14.4. The van der Waals surface area contributed by atoms with Gasteiger partial charge in [0.05, 0.1) is 11.3 Å². The maximum atomic E-state index is 12.1. The first-order chi connectivity index (χ1) is 9.57. The molecule has 0 spiro atoms. The molecule has 0 aliphatic carbocycles. The zero-order valence-electron chi connectivity index (χ0n) is 12.2. The van der Waals surface area contributed by atoms with Gasteiger partial charge in [0.2, 0.25) is 5.91 Å². The smallest absolute Gasteiger partial charge is 0.223 e. The summed E-state index contributed by atoms with van der Waals surface area (Å²) in [4.78, 5) is 16.1. The second-order valence-electron chi connectivity index (χ2n) is 5.76. The fourth-order valence-electron chi connectivity index (χ4n) is 2.46. The van der Waals surface area contributed by atoms with Gasteiger partial charge in [0.1, 0.15) is 0 Å². The summed E-state index contributed by atoms with van der Waals surface area (Å²) in [5.74, 6) is 0.200. The molecule has 0 unspecified atom stereocenters. The molecule has 2 heterocycles. The molecule has 110 valence electrons. The largest absolute Gasteiger partial charge is 0.382 e. The number of hydrogen-bond donors (Lipinski definition) is 2. The van der Waals surface area contributed by atoms with Gasteiger partial charge in [-0.15, -0.1) is 0 Å². The van der Waals surface area contributed by atoms with Crippen molar-refractivity contribution in [2.45, 2.75) is 32.3 Å². The maximum Gasteiger partial charge on any atom is 0.223 e. The van der Waals surface area contributed by atoms with Crippen molar-refractivity contribution in [1.29, 1.82) is 0 Å². The van der Waals surface area contributed by atoms with Crippen LogP contribution in [0.1, 0.15) is 26.7 Å². The summed E-state index contributed by atoms with van der Waals surface area (Å²) < 4.78 is 5.63. The molecule has 1 atom stereocenters. The molecule has 2 N–H and O–H groups in total. The molecule has 5 heteroatoms. The number of anilines is 1. The highest BCUT2D eigenvalue weighted by atomic mass is 16.5. The number of pyridine rings is 1. The van der Waals surface area contributed by atoms with Crippen LogP contribution in [0.2, 0.25) is 0 Å². The van der Waals surface area contributed by atoms with Crippen LogP contribution >= 0.6 is 0 Å². The third-order valence-corrected chi connectivity index (χ3v) is 3.48. The first kappa shape index (κ1) is 14.8. The van der Waals surface area contributed by atoms with E-state index in [9.17, 15) is 4.79 Å². The Bertz CT molecular complexity index is 434. The Kier molecular flexibility index (Phi) is 4.95. The monoisotopic (exact) mass is 277 g/mol. The maximum absolute atomic E-state index is 12.1. The highest BCUT2D eigenvalue weighted by molar-refractivity contribution is 5.78. The second-order valence-corrected chi connectivity index (χ2v) is 5.76. The third-order valence-electron chi connectivity index (χ3n) is 3.48. The molecule has 1 fully saturated rings. The van der Waals surface area contributed by atoms with E-state index in [1.807, 2.05) is 26.0 Å². The molecule has 1 amide bonds. The number of hydrogen-bond acceptors (Lipinski definition) is 4. The van der Waals surface area contributed by atoms with Crippen molar-refractivity contribution in [2.75, 3.05) is 25.0 Å². The SMILES string of the molecule is CC1(C)C[C@H](C(=O)NCCNc2cccnc2)CCO1. The minimum atomic E-state index is -0.186.